The summed E-state index contributed by atoms with van der Waals surface area (Å²) in [4.78, 5) is 52.1. The lowest BCUT2D eigenvalue weighted by atomic mass is 9.85. The molecule has 1 aromatic carbocycles. The van der Waals surface area contributed by atoms with Gasteiger partial charge in [0.1, 0.15) is 5.92 Å². The number of ether oxygens (including phenoxy) is 1. The van der Waals surface area contributed by atoms with Crippen LogP contribution in [0.15, 0.2) is 23.3 Å². The van der Waals surface area contributed by atoms with Crippen molar-refractivity contribution in [1.82, 2.24) is 5.01 Å². The van der Waals surface area contributed by atoms with Crippen molar-refractivity contribution in [3.63, 3.8) is 0 Å². The van der Waals surface area contributed by atoms with E-state index in [9.17, 15) is 19.2 Å². The van der Waals surface area contributed by atoms with Crippen LogP contribution in [0.5, 0.6) is 0 Å². The van der Waals surface area contributed by atoms with E-state index in [1.807, 2.05) is 19.9 Å². The second-order valence-corrected chi connectivity index (χ2v) is 6.81. The Bertz CT molecular complexity index is 907. The summed E-state index contributed by atoms with van der Waals surface area (Å²) < 4.78 is 4.98. The molecule has 2 unspecified atom stereocenters. The molecular weight excluding hydrogens is 350 g/mol. The summed E-state index contributed by atoms with van der Waals surface area (Å²) >= 11 is 0. The summed E-state index contributed by atoms with van der Waals surface area (Å²) in [6.45, 7) is 8.09. The number of esters is 1. The SMILES string of the molecule is CCOC(=O)C1=NN(C(C)=O)C2(C)C(=O)N(c3cccc(C)c3C)C(=O)C12. The van der Waals surface area contributed by atoms with Gasteiger partial charge in [-0.15, -0.1) is 0 Å². The zero-order valence-electron chi connectivity index (χ0n) is 15.9. The number of carbonyl (C=O) groups excluding carboxylic acids is 4. The summed E-state index contributed by atoms with van der Waals surface area (Å²) in [5.41, 5.74) is 0.305. The van der Waals surface area contributed by atoms with Gasteiger partial charge in [0, 0.05) is 6.92 Å². The smallest absolute Gasteiger partial charge is 0.355 e. The van der Waals surface area contributed by atoms with Gasteiger partial charge in [-0.2, -0.15) is 5.10 Å². The first-order valence-electron chi connectivity index (χ1n) is 8.67. The van der Waals surface area contributed by atoms with Gasteiger partial charge in [-0.25, -0.2) is 14.7 Å². The maximum atomic E-state index is 13.3. The lowest BCUT2D eigenvalue weighted by molar-refractivity contribution is -0.142. The first-order chi connectivity index (χ1) is 12.7. The van der Waals surface area contributed by atoms with Crippen LogP contribution in [-0.4, -0.2) is 46.6 Å². The molecule has 0 N–H and O–H groups in total. The fourth-order valence-corrected chi connectivity index (χ4v) is 3.65. The average molecular weight is 371 g/mol. The number of amides is 3. The van der Waals surface area contributed by atoms with Gasteiger partial charge in [0.2, 0.25) is 11.8 Å². The number of imide groups is 1. The van der Waals surface area contributed by atoms with Crippen LogP contribution in [0.25, 0.3) is 0 Å². The van der Waals surface area contributed by atoms with Crippen molar-refractivity contribution >= 4 is 35.1 Å². The normalized spacial score (nSPS) is 24.2. The molecule has 0 spiro atoms. The number of benzene rings is 1. The average Bonchev–Trinajstić information content (AvgIpc) is 3.02. The molecule has 2 aliphatic heterocycles. The minimum atomic E-state index is -1.60. The highest BCUT2D eigenvalue weighted by Crippen LogP contribution is 2.44. The number of rotatable bonds is 3. The van der Waals surface area contributed by atoms with Gasteiger partial charge in [0.15, 0.2) is 11.3 Å². The number of hydrogen-bond acceptors (Lipinski definition) is 6. The molecule has 8 heteroatoms. The number of fused-ring (bicyclic) bond motifs is 1. The number of carbonyl (C=O) groups is 4. The molecule has 1 saturated heterocycles. The highest BCUT2D eigenvalue weighted by Gasteiger charge is 2.68. The molecule has 0 aromatic heterocycles. The standard InChI is InChI=1S/C19H21N3O5/c1-6-27-17(25)15-14-16(24)21(13-9-7-8-10(2)11(13)3)18(26)19(14,5)22(20-15)12(4)23/h7-9,14H,6H2,1-5H3. The Morgan fingerprint density at radius 3 is 2.52 bits per heavy atom. The van der Waals surface area contributed by atoms with Crippen molar-refractivity contribution in [1.29, 1.82) is 0 Å². The minimum absolute atomic E-state index is 0.0875. The van der Waals surface area contributed by atoms with E-state index in [2.05, 4.69) is 5.10 Å². The van der Waals surface area contributed by atoms with E-state index in [0.29, 0.717) is 5.69 Å². The first-order valence-corrected chi connectivity index (χ1v) is 8.67. The van der Waals surface area contributed by atoms with Gasteiger partial charge in [-0.05, 0) is 44.9 Å². The number of hydrazone groups is 1. The molecule has 27 heavy (non-hydrogen) atoms. The van der Waals surface area contributed by atoms with Crippen molar-refractivity contribution in [2.45, 2.75) is 40.2 Å². The summed E-state index contributed by atoms with van der Waals surface area (Å²) in [6.07, 6.45) is 0. The molecule has 2 heterocycles. The van der Waals surface area contributed by atoms with Crippen molar-refractivity contribution in [2.75, 3.05) is 11.5 Å². The lowest BCUT2D eigenvalue weighted by Gasteiger charge is -2.29. The van der Waals surface area contributed by atoms with Gasteiger partial charge in [0.05, 0.1) is 12.3 Å². The van der Waals surface area contributed by atoms with E-state index in [0.717, 1.165) is 21.0 Å². The Kier molecular flexibility index (Phi) is 4.37. The van der Waals surface area contributed by atoms with Crippen LogP contribution in [0, 0.1) is 19.8 Å². The Morgan fingerprint density at radius 2 is 1.93 bits per heavy atom. The molecule has 0 saturated carbocycles. The lowest BCUT2D eigenvalue weighted by Crippen LogP contribution is -2.52. The van der Waals surface area contributed by atoms with Crippen LogP contribution in [0.2, 0.25) is 0 Å². The van der Waals surface area contributed by atoms with E-state index < -0.39 is 35.1 Å². The van der Waals surface area contributed by atoms with Gasteiger partial charge < -0.3 is 4.74 Å². The highest BCUT2D eigenvalue weighted by molar-refractivity contribution is 6.47. The van der Waals surface area contributed by atoms with Crippen LogP contribution in [0.3, 0.4) is 0 Å². The molecule has 8 nitrogen and oxygen atoms in total. The van der Waals surface area contributed by atoms with Gasteiger partial charge in [0.25, 0.3) is 5.91 Å². The Hall–Kier alpha value is -3.03. The van der Waals surface area contributed by atoms with Crippen LogP contribution >= 0.6 is 0 Å². The van der Waals surface area contributed by atoms with Crippen LogP contribution in [0.1, 0.15) is 31.9 Å². The second kappa shape index (κ2) is 6.29. The molecule has 2 atom stereocenters. The predicted octanol–water partition coefficient (Wildman–Crippen LogP) is 1.33. The third-order valence-electron chi connectivity index (χ3n) is 5.19. The zero-order chi connectivity index (χ0) is 20.1. The third kappa shape index (κ3) is 2.47. The molecule has 3 amide bonds. The van der Waals surface area contributed by atoms with Gasteiger partial charge in [-0.1, -0.05) is 12.1 Å². The molecule has 0 radical (unpaired) electrons. The van der Waals surface area contributed by atoms with Crippen molar-refractivity contribution in [2.24, 2.45) is 11.0 Å². The number of aryl methyl sites for hydroxylation is 1. The number of nitrogens with zero attached hydrogens (tertiary/aromatic N) is 3. The molecule has 2 aliphatic rings. The molecule has 0 aliphatic carbocycles. The van der Waals surface area contributed by atoms with E-state index in [-0.39, 0.29) is 12.3 Å². The van der Waals surface area contributed by atoms with E-state index in [1.165, 1.54) is 13.8 Å². The van der Waals surface area contributed by atoms with E-state index >= 15 is 0 Å². The predicted molar refractivity (Wildman–Crippen MR) is 96.9 cm³/mol. The van der Waals surface area contributed by atoms with Crippen molar-refractivity contribution in [3.05, 3.63) is 29.3 Å². The molecule has 3 rings (SSSR count). The topological polar surface area (TPSA) is 96.3 Å². The third-order valence-corrected chi connectivity index (χ3v) is 5.19. The summed E-state index contributed by atoms with van der Waals surface area (Å²) in [5, 5.41) is 4.91. The Labute approximate surface area is 156 Å². The second-order valence-electron chi connectivity index (χ2n) is 6.81. The van der Waals surface area contributed by atoms with Crippen molar-refractivity contribution < 1.29 is 23.9 Å². The molecular formula is C19H21N3O5. The molecule has 1 aromatic rings. The van der Waals surface area contributed by atoms with Gasteiger partial charge >= 0.3 is 5.97 Å². The number of anilines is 1. The number of hydrogen-bond donors (Lipinski definition) is 0. The summed E-state index contributed by atoms with van der Waals surface area (Å²) in [7, 11) is 0. The Morgan fingerprint density at radius 1 is 1.26 bits per heavy atom. The molecule has 1 fully saturated rings. The fraction of sp³-hybridized carbons (Fsp3) is 0.421. The van der Waals surface area contributed by atoms with E-state index in [4.69, 9.17) is 4.74 Å². The maximum Gasteiger partial charge on any atom is 0.355 e. The highest BCUT2D eigenvalue weighted by atomic mass is 16.5. The monoisotopic (exact) mass is 371 g/mol. The van der Waals surface area contributed by atoms with Crippen LogP contribution in [-0.2, 0) is 23.9 Å². The Balaban J connectivity index is 2.16. The molecule has 0 bridgehead atoms. The zero-order valence-corrected chi connectivity index (χ0v) is 15.9. The van der Waals surface area contributed by atoms with Gasteiger partial charge in [-0.3, -0.25) is 14.4 Å². The first kappa shape index (κ1) is 18.8. The van der Waals surface area contributed by atoms with Crippen molar-refractivity contribution in [3.8, 4) is 0 Å². The van der Waals surface area contributed by atoms with Crippen LogP contribution < -0.4 is 4.90 Å². The largest absolute Gasteiger partial charge is 0.461 e. The fourth-order valence-electron chi connectivity index (χ4n) is 3.65. The molecule has 142 valence electrons. The quantitative estimate of drug-likeness (QED) is 0.590. The minimum Gasteiger partial charge on any atom is -0.461 e. The summed E-state index contributed by atoms with van der Waals surface area (Å²) in [6, 6.07) is 5.29. The summed E-state index contributed by atoms with van der Waals surface area (Å²) in [5.74, 6) is -3.73. The van der Waals surface area contributed by atoms with E-state index in [1.54, 1.807) is 19.1 Å². The van der Waals surface area contributed by atoms with Crippen LogP contribution in [0.4, 0.5) is 5.69 Å². The maximum absolute atomic E-state index is 13.3.